The summed E-state index contributed by atoms with van der Waals surface area (Å²) >= 11 is 0. The van der Waals surface area contributed by atoms with Crippen LogP contribution in [0.3, 0.4) is 0 Å². The summed E-state index contributed by atoms with van der Waals surface area (Å²) in [5, 5.41) is 10.5. The van der Waals surface area contributed by atoms with Gasteiger partial charge in [0.2, 0.25) is 5.89 Å². The molecule has 5 nitrogen and oxygen atoms in total. The lowest BCUT2D eigenvalue weighted by molar-refractivity contribution is 0.257. The number of hydrogen-bond acceptors (Lipinski definition) is 5. The fourth-order valence-corrected chi connectivity index (χ4v) is 1.55. The van der Waals surface area contributed by atoms with Gasteiger partial charge in [0.05, 0.1) is 0 Å². The summed E-state index contributed by atoms with van der Waals surface area (Å²) in [5.41, 5.74) is 0.744. The van der Waals surface area contributed by atoms with Gasteiger partial charge in [0.15, 0.2) is 6.61 Å². The lowest BCUT2D eigenvalue weighted by Crippen LogP contribution is -2.08. The Morgan fingerprint density at radius 1 is 1.39 bits per heavy atom. The van der Waals surface area contributed by atoms with Crippen molar-refractivity contribution in [2.45, 2.75) is 20.1 Å². The Labute approximate surface area is 104 Å². The monoisotopic (exact) mass is 251 g/mol. The number of nitrogens with zero attached hydrogens (tertiary/aromatic N) is 2. The van der Waals surface area contributed by atoms with E-state index in [1.54, 1.807) is 20.0 Å². The number of nitrogens with one attached hydrogen (secondary N) is 1. The highest BCUT2D eigenvalue weighted by Gasteiger charge is 2.08. The maximum atomic E-state index is 13.1. The van der Waals surface area contributed by atoms with Crippen molar-refractivity contribution in [3.8, 4) is 5.75 Å². The molecule has 2 aromatic rings. The van der Waals surface area contributed by atoms with Crippen LogP contribution in [0.25, 0.3) is 0 Å². The SMILES string of the molecule is CNCc1cc(F)ccc1OCc1nnc(C)o1. The van der Waals surface area contributed by atoms with Crippen LogP contribution in [0.5, 0.6) is 5.75 Å². The molecular formula is C12H14FN3O2. The van der Waals surface area contributed by atoms with Gasteiger partial charge in [-0.3, -0.25) is 0 Å². The highest BCUT2D eigenvalue weighted by molar-refractivity contribution is 5.33. The summed E-state index contributed by atoms with van der Waals surface area (Å²) in [6, 6.07) is 4.38. The Kier molecular flexibility index (Phi) is 3.88. The zero-order chi connectivity index (χ0) is 13.0. The standard InChI is InChI=1S/C12H14FN3O2/c1-8-15-16-12(18-8)7-17-11-4-3-10(13)5-9(11)6-14-2/h3-5,14H,6-7H2,1-2H3. The van der Waals surface area contributed by atoms with Gasteiger partial charge in [-0.1, -0.05) is 0 Å². The lowest BCUT2D eigenvalue weighted by Gasteiger charge is -2.09. The molecule has 0 aliphatic rings. The molecule has 0 amide bonds. The zero-order valence-electron chi connectivity index (χ0n) is 10.2. The average Bonchev–Trinajstić information content (AvgIpc) is 2.75. The number of hydrogen-bond donors (Lipinski definition) is 1. The molecule has 0 saturated carbocycles. The molecule has 0 radical (unpaired) electrons. The largest absolute Gasteiger partial charge is 0.483 e. The molecule has 0 fully saturated rings. The van der Waals surface area contributed by atoms with Crippen LogP contribution in [0.2, 0.25) is 0 Å². The molecule has 1 aromatic carbocycles. The van der Waals surface area contributed by atoms with Crippen molar-refractivity contribution in [1.29, 1.82) is 0 Å². The van der Waals surface area contributed by atoms with Crippen LogP contribution in [-0.4, -0.2) is 17.2 Å². The van der Waals surface area contributed by atoms with Crippen LogP contribution < -0.4 is 10.1 Å². The molecule has 0 spiro atoms. The Balaban J connectivity index is 2.08. The van der Waals surface area contributed by atoms with Crippen molar-refractivity contribution >= 4 is 0 Å². The van der Waals surface area contributed by atoms with Crippen molar-refractivity contribution in [1.82, 2.24) is 15.5 Å². The second kappa shape index (κ2) is 5.59. The molecule has 0 atom stereocenters. The van der Waals surface area contributed by atoms with Gasteiger partial charge < -0.3 is 14.5 Å². The van der Waals surface area contributed by atoms with Crippen molar-refractivity contribution in [3.05, 3.63) is 41.4 Å². The third-order valence-corrected chi connectivity index (χ3v) is 2.31. The second-order valence-electron chi connectivity index (χ2n) is 3.79. The molecule has 1 N–H and O–H groups in total. The van der Waals surface area contributed by atoms with Gasteiger partial charge in [0.1, 0.15) is 11.6 Å². The van der Waals surface area contributed by atoms with Crippen LogP contribution in [0.1, 0.15) is 17.3 Å². The van der Waals surface area contributed by atoms with Crippen molar-refractivity contribution < 1.29 is 13.5 Å². The van der Waals surface area contributed by atoms with Crippen LogP contribution in [-0.2, 0) is 13.2 Å². The van der Waals surface area contributed by atoms with Gasteiger partial charge in [0.25, 0.3) is 5.89 Å². The lowest BCUT2D eigenvalue weighted by atomic mass is 10.2. The Hall–Kier alpha value is -1.95. The number of benzene rings is 1. The first-order valence-electron chi connectivity index (χ1n) is 5.54. The minimum absolute atomic E-state index is 0.170. The van der Waals surface area contributed by atoms with E-state index in [1.165, 1.54) is 12.1 Å². The van der Waals surface area contributed by atoms with E-state index in [9.17, 15) is 4.39 Å². The smallest absolute Gasteiger partial charge is 0.253 e. The van der Waals surface area contributed by atoms with E-state index in [2.05, 4.69) is 15.5 Å². The van der Waals surface area contributed by atoms with E-state index in [0.717, 1.165) is 5.56 Å². The molecule has 0 unspecified atom stereocenters. The quantitative estimate of drug-likeness (QED) is 0.878. The average molecular weight is 251 g/mol. The van der Waals surface area contributed by atoms with E-state index in [4.69, 9.17) is 9.15 Å². The molecule has 96 valence electrons. The van der Waals surface area contributed by atoms with Gasteiger partial charge in [0, 0.05) is 19.0 Å². The molecule has 0 saturated heterocycles. The molecule has 18 heavy (non-hydrogen) atoms. The predicted octanol–water partition coefficient (Wildman–Crippen LogP) is 1.82. The third-order valence-electron chi connectivity index (χ3n) is 2.31. The highest BCUT2D eigenvalue weighted by Crippen LogP contribution is 2.20. The molecule has 0 aliphatic carbocycles. The second-order valence-corrected chi connectivity index (χ2v) is 3.79. The first-order chi connectivity index (χ1) is 8.69. The van der Waals surface area contributed by atoms with Crippen LogP contribution in [0.4, 0.5) is 4.39 Å². The van der Waals surface area contributed by atoms with Gasteiger partial charge >= 0.3 is 0 Å². The summed E-state index contributed by atoms with van der Waals surface area (Å²) in [6.07, 6.45) is 0. The normalized spacial score (nSPS) is 10.6. The number of aromatic nitrogens is 2. The third kappa shape index (κ3) is 3.04. The number of aryl methyl sites for hydroxylation is 1. The van der Waals surface area contributed by atoms with Gasteiger partial charge in [-0.15, -0.1) is 10.2 Å². The topological polar surface area (TPSA) is 60.2 Å². The minimum atomic E-state index is -0.291. The Bertz CT molecular complexity index is 528. The fourth-order valence-electron chi connectivity index (χ4n) is 1.55. The van der Waals surface area contributed by atoms with Crippen LogP contribution in [0.15, 0.2) is 22.6 Å². The minimum Gasteiger partial charge on any atom is -0.483 e. The van der Waals surface area contributed by atoms with E-state index in [-0.39, 0.29) is 12.4 Å². The maximum Gasteiger partial charge on any atom is 0.253 e. The molecule has 0 aliphatic heterocycles. The first kappa shape index (κ1) is 12.5. The van der Waals surface area contributed by atoms with E-state index < -0.39 is 0 Å². The number of ether oxygens (including phenoxy) is 1. The first-order valence-corrected chi connectivity index (χ1v) is 5.54. The van der Waals surface area contributed by atoms with Crippen LogP contribution >= 0.6 is 0 Å². The van der Waals surface area contributed by atoms with E-state index >= 15 is 0 Å². The van der Waals surface area contributed by atoms with Gasteiger partial charge in [-0.2, -0.15) is 0 Å². The Morgan fingerprint density at radius 2 is 2.22 bits per heavy atom. The van der Waals surface area contributed by atoms with E-state index in [0.29, 0.717) is 24.1 Å². The molecule has 6 heteroatoms. The molecular weight excluding hydrogens is 237 g/mol. The fraction of sp³-hybridized carbons (Fsp3) is 0.333. The highest BCUT2D eigenvalue weighted by atomic mass is 19.1. The number of rotatable bonds is 5. The van der Waals surface area contributed by atoms with Crippen molar-refractivity contribution in [3.63, 3.8) is 0 Å². The van der Waals surface area contributed by atoms with Gasteiger partial charge in [-0.05, 0) is 25.2 Å². The van der Waals surface area contributed by atoms with Crippen LogP contribution in [0, 0.1) is 12.7 Å². The molecule has 1 aromatic heterocycles. The van der Waals surface area contributed by atoms with Crippen molar-refractivity contribution in [2.24, 2.45) is 0 Å². The summed E-state index contributed by atoms with van der Waals surface area (Å²) in [7, 11) is 1.79. The summed E-state index contributed by atoms with van der Waals surface area (Å²) < 4.78 is 23.8. The predicted molar refractivity (Wildman–Crippen MR) is 62.5 cm³/mol. The molecule has 1 heterocycles. The molecule has 2 rings (SSSR count). The maximum absolute atomic E-state index is 13.1. The number of halogens is 1. The van der Waals surface area contributed by atoms with Gasteiger partial charge in [-0.25, -0.2) is 4.39 Å². The summed E-state index contributed by atoms with van der Waals surface area (Å²) in [5.74, 6) is 1.19. The van der Waals surface area contributed by atoms with Crippen molar-refractivity contribution in [2.75, 3.05) is 7.05 Å². The zero-order valence-corrected chi connectivity index (χ0v) is 10.2. The summed E-state index contributed by atoms with van der Waals surface area (Å²) in [6.45, 7) is 2.40. The van der Waals surface area contributed by atoms with E-state index in [1.807, 2.05) is 0 Å². The summed E-state index contributed by atoms with van der Waals surface area (Å²) in [4.78, 5) is 0. The molecule has 0 bridgehead atoms. The Morgan fingerprint density at radius 3 is 2.89 bits per heavy atom.